The van der Waals surface area contributed by atoms with Crippen LogP contribution in [-0.4, -0.2) is 9.55 Å². The molecule has 0 amide bonds. The third kappa shape index (κ3) is 4.33. The van der Waals surface area contributed by atoms with Gasteiger partial charge in [0.15, 0.2) is 0 Å². The molecule has 2 aromatic heterocycles. The number of hydrogen-bond acceptors (Lipinski definition) is 2. The second kappa shape index (κ2) is 10.8. The molecule has 0 aliphatic heterocycles. The summed E-state index contributed by atoms with van der Waals surface area (Å²) in [5.74, 6) is 0.846. The number of nitrogens with zero attached hydrogens (tertiary/aromatic N) is 2. The van der Waals surface area contributed by atoms with Crippen LogP contribution >= 0.6 is 0 Å². The normalized spacial score (nSPS) is 11.5. The summed E-state index contributed by atoms with van der Waals surface area (Å²) in [5.41, 5.74) is 12.6. The van der Waals surface area contributed by atoms with Gasteiger partial charge in [-0.05, 0) is 70.3 Å². The second-order valence-electron chi connectivity index (χ2n) is 11.6. The van der Waals surface area contributed by atoms with Gasteiger partial charge in [-0.1, -0.05) is 127 Å². The number of fused-ring (bicyclic) bond motifs is 4. The first-order valence-electron chi connectivity index (χ1n) is 15.6. The van der Waals surface area contributed by atoms with Gasteiger partial charge in [-0.2, -0.15) is 0 Å². The van der Waals surface area contributed by atoms with E-state index >= 15 is 0 Å². The molecule has 0 aliphatic carbocycles. The minimum atomic E-state index is 0.835. The minimum absolute atomic E-state index is 0.835. The zero-order valence-corrected chi connectivity index (χ0v) is 25.0. The van der Waals surface area contributed by atoms with Gasteiger partial charge >= 0.3 is 0 Å². The van der Waals surface area contributed by atoms with E-state index in [4.69, 9.17) is 9.40 Å². The lowest BCUT2D eigenvalue weighted by atomic mass is 9.97. The Bertz CT molecular complexity index is 2510. The Morgan fingerprint density at radius 2 is 1.07 bits per heavy atom. The van der Waals surface area contributed by atoms with Crippen LogP contribution in [0.1, 0.15) is 0 Å². The molecule has 0 aliphatic rings. The van der Waals surface area contributed by atoms with Gasteiger partial charge in [0.2, 0.25) is 0 Å². The Kier molecular flexibility index (Phi) is 6.14. The van der Waals surface area contributed by atoms with Gasteiger partial charge in [0.05, 0.1) is 22.3 Å². The van der Waals surface area contributed by atoms with Crippen molar-refractivity contribution in [1.29, 1.82) is 0 Å². The van der Waals surface area contributed by atoms with E-state index in [1.54, 1.807) is 0 Å². The average Bonchev–Trinajstić information content (AvgIpc) is 3.71. The molecule has 0 saturated carbocycles. The fourth-order valence-electron chi connectivity index (χ4n) is 6.63. The first-order chi connectivity index (χ1) is 22.8. The molecule has 0 N–H and O–H groups in total. The van der Waals surface area contributed by atoms with E-state index in [1.165, 1.54) is 16.7 Å². The molecule has 9 aromatic rings. The number of para-hydroxylation sites is 3. The Hall–Kier alpha value is -6.19. The molecule has 0 bridgehead atoms. The van der Waals surface area contributed by atoms with Crippen LogP contribution in [0.5, 0.6) is 0 Å². The molecule has 2 heterocycles. The molecule has 0 saturated heterocycles. The van der Waals surface area contributed by atoms with E-state index in [0.29, 0.717) is 0 Å². The highest BCUT2D eigenvalue weighted by molar-refractivity contribution is 6.10. The molecule has 0 radical (unpaired) electrons. The number of imidazole rings is 1. The van der Waals surface area contributed by atoms with Gasteiger partial charge in [-0.3, -0.25) is 4.57 Å². The monoisotopic (exact) mass is 588 g/mol. The fourth-order valence-corrected chi connectivity index (χ4v) is 6.63. The Morgan fingerprint density at radius 1 is 0.435 bits per heavy atom. The highest BCUT2D eigenvalue weighted by Crippen LogP contribution is 2.41. The number of furan rings is 1. The molecule has 3 nitrogen and oxygen atoms in total. The maximum Gasteiger partial charge on any atom is 0.149 e. The van der Waals surface area contributed by atoms with E-state index in [9.17, 15) is 0 Å². The van der Waals surface area contributed by atoms with Crippen LogP contribution in [0.4, 0.5) is 0 Å². The predicted octanol–water partition coefficient (Wildman–Crippen LogP) is 11.6. The molecule has 3 heteroatoms. The zero-order valence-electron chi connectivity index (χ0n) is 25.0. The van der Waals surface area contributed by atoms with Crippen molar-refractivity contribution < 1.29 is 4.42 Å². The van der Waals surface area contributed by atoms with Gasteiger partial charge < -0.3 is 4.42 Å². The van der Waals surface area contributed by atoms with Crippen molar-refractivity contribution in [2.24, 2.45) is 0 Å². The highest BCUT2D eigenvalue weighted by Gasteiger charge is 2.22. The molecule has 0 unspecified atom stereocenters. The van der Waals surface area contributed by atoms with Gasteiger partial charge in [0.1, 0.15) is 17.0 Å². The standard InChI is InChI=1S/C43H28N2O/c1-4-13-29(14-5-1)32-24-26-39(37(27-32)31-17-8-3-9-18-31)45-40-22-11-10-21-38(40)44-43(45)36-20-12-19-35-34-25-23-33(28-41(34)46-42(35)36)30-15-6-2-7-16-30/h1-28H. The minimum Gasteiger partial charge on any atom is -0.455 e. The van der Waals surface area contributed by atoms with Gasteiger partial charge in [-0.25, -0.2) is 4.98 Å². The summed E-state index contributed by atoms with van der Waals surface area (Å²) in [6, 6.07) is 59.6. The van der Waals surface area contributed by atoms with Crippen molar-refractivity contribution in [3.8, 4) is 50.5 Å². The molecule has 0 spiro atoms. The highest BCUT2D eigenvalue weighted by atomic mass is 16.3. The van der Waals surface area contributed by atoms with Crippen LogP contribution in [-0.2, 0) is 0 Å². The van der Waals surface area contributed by atoms with E-state index < -0.39 is 0 Å². The molecule has 0 atom stereocenters. The topological polar surface area (TPSA) is 31.0 Å². The van der Waals surface area contributed by atoms with E-state index in [-0.39, 0.29) is 0 Å². The van der Waals surface area contributed by atoms with Crippen molar-refractivity contribution in [3.63, 3.8) is 0 Å². The number of benzene rings is 7. The molecule has 46 heavy (non-hydrogen) atoms. The van der Waals surface area contributed by atoms with Crippen LogP contribution in [0.15, 0.2) is 174 Å². The Morgan fingerprint density at radius 3 is 1.80 bits per heavy atom. The van der Waals surface area contributed by atoms with Crippen LogP contribution < -0.4 is 0 Å². The van der Waals surface area contributed by atoms with Gasteiger partial charge in [0, 0.05) is 16.3 Å². The van der Waals surface area contributed by atoms with Crippen LogP contribution in [0.2, 0.25) is 0 Å². The SMILES string of the molecule is c1ccc(-c2ccc(-n3c(-c4cccc5c4oc4cc(-c6ccccc6)ccc45)nc4ccccc43)c(-c3ccccc3)c2)cc1. The molecule has 9 rings (SSSR count). The summed E-state index contributed by atoms with van der Waals surface area (Å²) in [7, 11) is 0. The van der Waals surface area contributed by atoms with E-state index in [2.05, 4.69) is 162 Å². The molecular formula is C43H28N2O. The first-order valence-corrected chi connectivity index (χ1v) is 15.6. The van der Waals surface area contributed by atoms with Crippen molar-refractivity contribution in [3.05, 3.63) is 170 Å². The summed E-state index contributed by atoms with van der Waals surface area (Å²) in [4.78, 5) is 5.26. The van der Waals surface area contributed by atoms with Gasteiger partial charge in [-0.15, -0.1) is 0 Å². The quantitative estimate of drug-likeness (QED) is 0.200. The lowest BCUT2D eigenvalue weighted by Gasteiger charge is -2.17. The lowest BCUT2D eigenvalue weighted by Crippen LogP contribution is -2.01. The van der Waals surface area contributed by atoms with Crippen molar-refractivity contribution in [2.75, 3.05) is 0 Å². The number of rotatable bonds is 5. The average molecular weight is 589 g/mol. The summed E-state index contributed by atoms with van der Waals surface area (Å²) >= 11 is 0. The van der Waals surface area contributed by atoms with Crippen molar-refractivity contribution >= 4 is 33.0 Å². The first kappa shape index (κ1) is 26.2. The van der Waals surface area contributed by atoms with Gasteiger partial charge in [0.25, 0.3) is 0 Å². The smallest absolute Gasteiger partial charge is 0.149 e. The maximum absolute atomic E-state index is 6.73. The maximum atomic E-state index is 6.73. The van der Waals surface area contributed by atoms with Crippen LogP contribution in [0.3, 0.4) is 0 Å². The van der Waals surface area contributed by atoms with E-state index in [1.807, 2.05) is 12.1 Å². The largest absolute Gasteiger partial charge is 0.455 e. The summed E-state index contributed by atoms with van der Waals surface area (Å²) < 4.78 is 9.02. The second-order valence-corrected chi connectivity index (χ2v) is 11.6. The Labute approximate surface area is 266 Å². The predicted molar refractivity (Wildman–Crippen MR) is 190 cm³/mol. The summed E-state index contributed by atoms with van der Waals surface area (Å²) in [6.07, 6.45) is 0. The fraction of sp³-hybridized carbons (Fsp3) is 0. The molecule has 0 fully saturated rings. The third-order valence-corrected chi connectivity index (χ3v) is 8.84. The summed E-state index contributed by atoms with van der Waals surface area (Å²) in [5, 5.41) is 2.17. The van der Waals surface area contributed by atoms with E-state index in [0.717, 1.165) is 66.7 Å². The molecular weight excluding hydrogens is 560 g/mol. The third-order valence-electron chi connectivity index (χ3n) is 8.84. The van der Waals surface area contributed by atoms with Crippen LogP contribution in [0.25, 0.3) is 83.4 Å². The number of hydrogen-bond donors (Lipinski definition) is 0. The van der Waals surface area contributed by atoms with Crippen molar-refractivity contribution in [2.45, 2.75) is 0 Å². The summed E-state index contributed by atoms with van der Waals surface area (Å²) in [6.45, 7) is 0. The Balaban J connectivity index is 1.30. The van der Waals surface area contributed by atoms with Crippen molar-refractivity contribution in [1.82, 2.24) is 9.55 Å². The molecule has 216 valence electrons. The molecule has 7 aromatic carbocycles. The lowest BCUT2D eigenvalue weighted by molar-refractivity contribution is 0.669. The van der Waals surface area contributed by atoms with Crippen LogP contribution in [0, 0.1) is 0 Å². The number of aromatic nitrogens is 2. The zero-order chi connectivity index (χ0) is 30.5.